The van der Waals surface area contributed by atoms with Gasteiger partial charge in [-0.1, -0.05) is 0 Å². The lowest BCUT2D eigenvalue weighted by atomic mass is 10.1. The van der Waals surface area contributed by atoms with E-state index in [1.54, 1.807) is 11.8 Å². The largest absolute Gasteiger partial charge is 0.383 e. The van der Waals surface area contributed by atoms with Gasteiger partial charge in [0.1, 0.15) is 0 Å². The molecule has 0 aliphatic carbocycles. The molecule has 1 aliphatic heterocycles. The summed E-state index contributed by atoms with van der Waals surface area (Å²) in [5.41, 5.74) is 1.12. The van der Waals surface area contributed by atoms with Crippen LogP contribution in [0.5, 0.6) is 0 Å². The van der Waals surface area contributed by atoms with Gasteiger partial charge in [0.2, 0.25) is 5.91 Å². The van der Waals surface area contributed by atoms with Crippen LogP contribution in [0.25, 0.3) is 0 Å². The lowest BCUT2D eigenvalue weighted by Gasteiger charge is -2.22. The molecule has 1 aliphatic rings. The Bertz CT molecular complexity index is 474. The van der Waals surface area contributed by atoms with E-state index in [0.717, 1.165) is 44.8 Å². The highest BCUT2D eigenvalue weighted by molar-refractivity contribution is 5.76. The normalized spacial score (nSPS) is 18.8. The number of hydrogen-bond donors (Lipinski definition) is 0. The number of aromatic nitrogens is 2. The first-order chi connectivity index (χ1) is 10.6. The zero-order valence-electron chi connectivity index (χ0n) is 14.0. The molecular weight excluding hydrogens is 280 g/mol. The van der Waals surface area contributed by atoms with Crippen LogP contribution in [0.4, 0.5) is 0 Å². The summed E-state index contributed by atoms with van der Waals surface area (Å²) < 4.78 is 6.90. The third-order valence-corrected chi connectivity index (χ3v) is 4.33. The highest BCUT2D eigenvalue weighted by Gasteiger charge is 2.24. The minimum atomic E-state index is 0.221. The monoisotopic (exact) mass is 308 g/mol. The molecule has 1 aromatic rings. The van der Waals surface area contributed by atoms with Gasteiger partial charge in [0.25, 0.3) is 0 Å². The second kappa shape index (κ2) is 8.29. The molecular formula is C16H28N4O2. The number of amides is 1. The Balaban J connectivity index is 1.68. The minimum absolute atomic E-state index is 0.221. The van der Waals surface area contributed by atoms with Gasteiger partial charge < -0.3 is 14.5 Å². The number of aryl methyl sites for hydroxylation is 2. The number of carbonyl (C=O) groups excluding carboxylic acids is 1. The lowest BCUT2D eigenvalue weighted by molar-refractivity contribution is -0.130. The van der Waals surface area contributed by atoms with Crippen LogP contribution < -0.4 is 0 Å². The molecule has 0 N–H and O–H groups in total. The number of ether oxygens (including phenoxy) is 1. The van der Waals surface area contributed by atoms with Gasteiger partial charge in [0.15, 0.2) is 0 Å². The van der Waals surface area contributed by atoms with Gasteiger partial charge in [-0.25, -0.2) is 0 Å². The highest BCUT2D eigenvalue weighted by atomic mass is 16.5. The third-order valence-electron chi connectivity index (χ3n) is 4.33. The first kappa shape index (κ1) is 17.0. The van der Waals surface area contributed by atoms with Crippen LogP contribution in [-0.4, -0.2) is 72.4 Å². The van der Waals surface area contributed by atoms with E-state index in [4.69, 9.17) is 4.74 Å². The molecule has 0 radical (unpaired) electrons. The van der Waals surface area contributed by atoms with Gasteiger partial charge in [0, 0.05) is 53.5 Å². The van der Waals surface area contributed by atoms with E-state index in [1.807, 2.05) is 31.4 Å². The predicted molar refractivity (Wildman–Crippen MR) is 85.6 cm³/mol. The van der Waals surface area contributed by atoms with Crippen molar-refractivity contribution in [2.24, 2.45) is 13.0 Å². The fraction of sp³-hybridized carbons (Fsp3) is 0.750. The molecule has 1 amide bonds. The topological polar surface area (TPSA) is 50.6 Å². The predicted octanol–water partition coefficient (Wildman–Crippen LogP) is 0.779. The van der Waals surface area contributed by atoms with E-state index < -0.39 is 0 Å². The van der Waals surface area contributed by atoms with Crippen molar-refractivity contribution in [3.05, 3.63) is 18.0 Å². The number of methoxy groups -OCH3 is 1. The van der Waals surface area contributed by atoms with Gasteiger partial charge >= 0.3 is 0 Å². The molecule has 0 unspecified atom stereocenters. The van der Waals surface area contributed by atoms with Crippen molar-refractivity contribution in [2.75, 3.05) is 46.9 Å². The third kappa shape index (κ3) is 5.10. The molecule has 6 heteroatoms. The molecule has 0 aromatic carbocycles. The second-order valence-electron chi connectivity index (χ2n) is 6.24. The average molecular weight is 308 g/mol. The average Bonchev–Trinajstić information content (AvgIpc) is 3.11. The van der Waals surface area contributed by atoms with Crippen LogP contribution >= 0.6 is 0 Å². The first-order valence-corrected chi connectivity index (χ1v) is 8.01. The molecule has 1 saturated heterocycles. The van der Waals surface area contributed by atoms with Crippen molar-refractivity contribution in [2.45, 2.75) is 19.3 Å². The molecule has 22 heavy (non-hydrogen) atoms. The van der Waals surface area contributed by atoms with E-state index >= 15 is 0 Å². The fourth-order valence-electron chi connectivity index (χ4n) is 3.02. The van der Waals surface area contributed by atoms with Crippen LogP contribution in [0.2, 0.25) is 0 Å². The molecule has 0 saturated carbocycles. The minimum Gasteiger partial charge on any atom is -0.383 e. The first-order valence-electron chi connectivity index (χ1n) is 8.01. The van der Waals surface area contributed by atoms with E-state index in [-0.39, 0.29) is 5.91 Å². The van der Waals surface area contributed by atoms with Gasteiger partial charge in [-0.15, -0.1) is 0 Å². The van der Waals surface area contributed by atoms with Gasteiger partial charge in [-0.2, -0.15) is 5.10 Å². The van der Waals surface area contributed by atoms with E-state index in [2.05, 4.69) is 10.00 Å². The number of rotatable bonds is 8. The van der Waals surface area contributed by atoms with Crippen molar-refractivity contribution in [1.29, 1.82) is 0 Å². The number of nitrogens with zero attached hydrogens (tertiary/aromatic N) is 4. The zero-order chi connectivity index (χ0) is 15.9. The fourth-order valence-corrected chi connectivity index (χ4v) is 3.02. The molecule has 6 nitrogen and oxygen atoms in total. The molecule has 1 aromatic heterocycles. The van der Waals surface area contributed by atoms with E-state index in [9.17, 15) is 4.79 Å². The zero-order valence-corrected chi connectivity index (χ0v) is 14.0. The summed E-state index contributed by atoms with van der Waals surface area (Å²) in [5.74, 6) is 0.809. The van der Waals surface area contributed by atoms with Gasteiger partial charge in [0.05, 0.1) is 12.8 Å². The van der Waals surface area contributed by atoms with Crippen molar-refractivity contribution < 1.29 is 9.53 Å². The molecule has 1 fully saturated rings. The van der Waals surface area contributed by atoms with Crippen LogP contribution in [0, 0.1) is 5.92 Å². The van der Waals surface area contributed by atoms with Crippen LogP contribution in [0.15, 0.2) is 12.4 Å². The molecule has 0 bridgehead atoms. The Morgan fingerprint density at radius 1 is 1.55 bits per heavy atom. The number of likely N-dealkylation sites (tertiary alicyclic amines) is 1. The standard InChI is InChI=1S/C16H28N4O2/c1-18(11-15-6-7-20(13-15)8-9-22-3)16(21)5-4-14-10-17-19(2)12-14/h10,12,15H,4-9,11,13H2,1-3H3/t15-/m0/s1. The van der Waals surface area contributed by atoms with E-state index in [0.29, 0.717) is 12.3 Å². The Kier molecular flexibility index (Phi) is 6.39. The lowest BCUT2D eigenvalue weighted by Crippen LogP contribution is -2.33. The molecule has 2 heterocycles. The summed E-state index contributed by atoms with van der Waals surface area (Å²) in [6, 6.07) is 0. The Morgan fingerprint density at radius 2 is 2.36 bits per heavy atom. The van der Waals surface area contributed by atoms with Crippen LogP contribution in [0.3, 0.4) is 0 Å². The SMILES string of the molecule is COCCN1CC[C@@H](CN(C)C(=O)CCc2cnn(C)c2)C1. The smallest absolute Gasteiger partial charge is 0.222 e. The van der Waals surface area contributed by atoms with Crippen molar-refractivity contribution in [3.8, 4) is 0 Å². The van der Waals surface area contributed by atoms with Gasteiger partial charge in [-0.05, 0) is 30.9 Å². The summed E-state index contributed by atoms with van der Waals surface area (Å²) in [4.78, 5) is 16.5. The summed E-state index contributed by atoms with van der Waals surface area (Å²) in [5, 5.41) is 4.13. The summed E-state index contributed by atoms with van der Waals surface area (Å²) in [6.45, 7) is 4.82. The summed E-state index contributed by atoms with van der Waals surface area (Å²) in [7, 11) is 5.55. The highest BCUT2D eigenvalue weighted by Crippen LogP contribution is 2.17. The van der Waals surface area contributed by atoms with E-state index in [1.165, 1.54) is 6.42 Å². The Morgan fingerprint density at radius 3 is 3.05 bits per heavy atom. The maximum atomic E-state index is 12.2. The second-order valence-corrected chi connectivity index (χ2v) is 6.24. The van der Waals surface area contributed by atoms with Crippen molar-refractivity contribution in [3.63, 3.8) is 0 Å². The maximum absolute atomic E-state index is 12.2. The summed E-state index contributed by atoms with van der Waals surface area (Å²) >= 11 is 0. The van der Waals surface area contributed by atoms with Crippen LogP contribution in [0.1, 0.15) is 18.4 Å². The quantitative estimate of drug-likeness (QED) is 0.712. The molecule has 1 atom stereocenters. The van der Waals surface area contributed by atoms with Crippen molar-refractivity contribution in [1.82, 2.24) is 19.6 Å². The Labute approximate surface area is 133 Å². The van der Waals surface area contributed by atoms with Gasteiger partial charge in [-0.3, -0.25) is 9.48 Å². The van der Waals surface area contributed by atoms with Crippen LogP contribution in [-0.2, 0) is 23.0 Å². The molecule has 0 spiro atoms. The molecule has 124 valence electrons. The summed E-state index contributed by atoms with van der Waals surface area (Å²) in [6.07, 6.45) is 6.30. The Hall–Kier alpha value is -1.40. The van der Waals surface area contributed by atoms with Crippen molar-refractivity contribution >= 4 is 5.91 Å². The molecule has 2 rings (SSSR count). The number of carbonyl (C=O) groups is 1. The maximum Gasteiger partial charge on any atom is 0.222 e. The number of hydrogen-bond acceptors (Lipinski definition) is 4.